The summed E-state index contributed by atoms with van der Waals surface area (Å²) < 4.78 is 18.7. The van der Waals surface area contributed by atoms with Crippen LogP contribution in [0.4, 0.5) is 21.5 Å². The molecule has 6 nitrogen and oxygen atoms in total. The normalized spacial score (nSPS) is 9.91. The predicted octanol–water partition coefficient (Wildman–Crippen LogP) is 3.55. The van der Waals surface area contributed by atoms with Gasteiger partial charge in [-0.15, -0.1) is 0 Å². The molecule has 2 N–H and O–H groups in total. The lowest BCUT2D eigenvalue weighted by Crippen LogP contribution is -2.19. The molecule has 0 aliphatic carbocycles. The molecule has 0 aliphatic rings. The second-order valence-corrected chi connectivity index (χ2v) is 4.64. The van der Waals surface area contributed by atoms with Crippen molar-refractivity contribution in [3.8, 4) is 5.75 Å². The number of halogens is 1. The van der Waals surface area contributed by atoms with Crippen LogP contribution in [0.15, 0.2) is 42.5 Å². The molecule has 8 heteroatoms. The lowest BCUT2D eigenvalue weighted by atomic mass is 10.2. The number of benzene rings is 2. The highest BCUT2D eigenvalue weighted by atomic mass is 32.1. The highest BCUT2D eigenvalue weighted by molar-refractivity contribution is 7.80. The number of hydrogen-bond donors (Lipinski definition) is 2. The Kier molecular flexibility index (Phi) is 4.84. The fraction of sp³-hybridized carbons (Fsp3) is 0.0714. The van der Waals surface area contributed by atoms with Crippen LogP contribution in [0.1, 0.15) is 0 Å². The Morgan fingerprint density at radius 3 is 2.73 bits per heavy atom. The van der Waals surface area contributed by atoms with Crippen LogP contribution in [0.2, 0.25) is 0 Å². The molecule has 0 aromatic heterocycles. The molecule has 0 heterocycles. The summed E-state index contributed by atoms with van der Waals surface area (Å²) in [5, 5.41) is 16.2. The van der Waals surface area contributed by atoms with E-state index in [1.54, 1.807) is 24.3 Å². The molecule has 0 unspecified atom stereocenters. The maximum absolute atomic E-state index is 13.7. The first-order valence-corrected chi connectivity index (χ1v) is 6.56. The van der Waals surface area contributed by atoms with Crippen molar-refractivity contribution >= 4 is 34.4 Å². The van der Waals surface area contributed by atoms with Gasteiger partial charge in [-0.25, -0.2) is 4.39 Å². The van der Waals surface area contributed by atoms with E-state index in [9.17, 15) is 14.5 Å². The Hall–Kier alpha value is -2.74. The summed E-state index contributed by atoms with van der Waals surface area (Å²) in [5.74, 6) is -0.00489. The Balaban J connectivity index is 2.11. The van der Waals surface area contributed by atoms with E-state index in [1.807, 2.05) is 0 Å². The van der Waals surface area contributed by atoms with E-state index in [2.05, 4.69) is 10.6 Å². The van der Waals surface area contributed by atoms with E-state index in [-0.39, 0.29) is 16.5 Å². The van der Waals surface area contributed by atoms with Crippen molar-refractivity contribution in [2.24, 2.45) is 0 Å². The van der Waals surface area contributed by atoms with Crippen molar-refractivity contribution < 1.29 is 14.1 Å². The first-order valence-electron chi connectivity index (χ1n) is 6.15. The molecule has 0 amide bonds. The van der Waals surface area contributed by atoms with Crippen molar-refractivity contribution in [2.75, 3.05) is 17.7 Å². The highest BCUT2D eigenvalue weighted by Gasteiger charge is 2.12. The lowest BCUT2D eigenvalue weighted by molar-refractivity contribution is -0.384. The van der Waals surface area contributed by atoms with Gasteiger partial charge in [0.2, 0.25) is 0 Å². The van der Waals surface area contributed by atoms with Crippen LogP contribution in [0, 0.1) is 15.9 Å². The third-order valence-electron chi connectivity index (χ3n) is 2.74. The van der Waals surface area contributed by atoms with E-state index in [4.69, 9.17) is 17.0 Å². The maximum Gasteiger partial charge on any atom is 0.271 e. The summed E-state index contributed by atoms with van der Waals surface area (Å²) >= 11 is 5.07. The molecule has 2 rings (SSSR count). The number of nitrogens with zero attached hydrogens (tertiary/aromatic N) is 1. The minimum absolute atomic E-state index is 0.0744. The fourth-order valence-corrected chi connectivity index (χ4v) is 1.94. The van der Waals surface area contributed by atoms with Gasteiger partial charge < -0.3 is 15.4 Å². The highest BCUT2D eigenvalue weighted by Crippen LogP contribution is 2.22. The van der Waals surface area contributed by atoms with Crippen molar-refractivity contribution in [2.45, 2.75) is 0 Å². The zero-order valence-corrected chi connectivity index (χ0v) is 12.3. The number of nitro groups is 1. The average Bonchev–Trinajstić information content (AvgIpc) is 2.49. The van der Waals surface area contributed by atoms with Gasteiger partial charge in [-0.05, 0) is 30.4 Å². The van der Waals surface area contributed by atoms with Crippen LogP contribution in [-0.4, -0.2) is 17.1 Å². The number of ether oxygens (including phenoxy) is 1. The van der Waals surface area contributed by atoms with Gasteiger partial charge in [0.25, 0.3) is 5.69 Å². The van der Waals surface area contributed by atoms with Crippen molar-refractivity contribution in [1.29, 1.82) is 0 Å². The number of nitro benzene ring substituents is 1. The standard InChI is InChI=1S/C14H12FN3O3S/c1-21-11-4-2-3-9(7-11)16-14(22)17-13-8-10(18(19)20)5-6-12(13)15/h2-8H,1H3,(H2,16,17,22). The Morgan fingerprint density at radius 1 is 1.27 bits per heavy atom. The molecule has 0 aliphatic heterocycles. The molecule has 0 bridgehead atoms. The number of nitrogens with one attached hydrogen (secondary N) is 2. The third kappa shape index (κ3) is 3.89. The quantitative estimate of drug-likeness (QED) is 0.509. The lowest BCUT2D eigenvalue weighted by Gasteiger charge is -2.11. The van der Waals surface area contributed by atoms with Crippen LogP contribution < -0.4 is 15.4 Å². The summed E-state index contributed by atoms with van der Waals surface area (Å²) in [6, 6.07) is 10.2. The summed E-state index contributed by atoms with van der Waals surface area (Å²) in [6.07, 6.45) is 0. The summed E-state index contributed by atoms with van der Waals surface area (Å²) in [6.45, 7) is 0. The Bertz CT molecular complexity index is 724. The van der Waals surface area contributed by atoms with E-state index < -0.39 is 10.7 Å². The zero-order valence-electron chi connectivity index (χ0n) is 11.5. The summed E-state index contributed by atoms with van der Waals surface area (Å²) in [5.41, 5.74) is 0.338. The van der Waals surface area contributed by atoms with E-state index >= 15 is 0 Å². The number of thiocarbonyl (C=S) groups is 1. The molecule has 0 spiro atoms. The second-order valence-electron chi connectivity index (χ2n) is 4.23. The van der Waals surface area contributed by atoms with Crippen LogP contribution in [0.3, 0.4) is 0 Å². The number of hydrogen-bond acceptors (Lipinski definition) is 4. The van der Waals surface area contributed by atoms with Gasteiger partial charge in [-0.1, -0.05) is 6.07 Å². The summed E-state index contributed by atoms with van der Waals surface area (Å²) in [4.78, 5) is 10.1. The summed E-state index contributed by atoms with van der Waals surface area (Å²) in [7, 11) is 1.54. The molecule has 0 saturated carbocycles. The third-order valence-corrected chi connectivity index (χ3v) is 2.94. The van der Waals surface area contributed by atoms with E-state index in [0.29, 0.717) is 11.4 Å². The fourth-order valence-electron chi connectivity index (χ4n) is 1.71. The molecule has 2 aromatic rings. The molecular weight excluding hydrogens is 309 g/mol. The molecular formula is C14H12FN3O3S. The Morgan fingerprint density at radius 2 is 2.05 bits per heavy atom. The number of methoxy groups -OCH3 is 1. The monoisotopic (exact) mass is 321 g/mol. The second kappa shape index (κ2) is 6.81. The number of rotatable bonds is 4. The molecule has 0 atom stereocenters. The SMILES string of the molecule is COc1cccc(NC(=S)Nc2cc([N+](=O)[O-])ccc2F)c1. The van der Waals surface area contributed by atoms with Crippen molar-refractivity contribution in [3.63, 3.8) is 0 Å². The molecule has 0 fully saturated rings. The predicted molar refractivity (Wildman–Crippen MR) is 85.9 cm³/mol. The minimum atomic E-state index is -0.639. The van der Waals surface area contributed by atoms with Gasteiger partial charge in [0, 0.05) is 23.9 Å². The van der Waals surface area contributed by atoms with Gasteiger partial charge in [0.15, 0.2) is 5.11 Å². The maximum atomic E-state index is 13.7. The van der Waals surface area contributed by atoms with Crippen LogP contribution in [-0.2, 0) is 0 Å². The molecule has 0 saturated heterocycles. The minimum Gasteiger partial charge on any atom is -0.497 e. The van der Waals surface area contributed by atoms with E-state index in [1.165, 1.54) is 7.11 Å². The zero-order chi connectivity index (χ0) is 16.1. The topological polar surface area (TPSA) is 76.4 Å². The smallest absolute Gasteiger partial charge is 0.271 e. The first kappa shape index (κ1) is 15.6. The molecule has 0 radical (unpaired) electrons. The molecule has 114 valence electrons. The van der Waals surface area contributed by atoms with Gasteiger partial charge in [0.05, 0.1) is 17.7 Å². The molecule has 2 aromatic carbocycles. The average molecular weight is 321 g/mol. The van der Waals surface area contributed by atoms with Gasteiger partial charge in [-0.3, -0.25) is 10.1 Å². The van der Waals surface area contributed by atoms with E-state index in [0.717, 1.165) is 18.2 Å². The van der Waals surface area contributed by atoms with Crippen molar-refractivity contribution in [1.82, 2.24) is 0 Å². The number of anilines is 2. The largest absolute Gasteiger partial charge is 0.497 e. The van der Waals surface area contributed by atoms with Crippen molar-refractivity contribution in [3.05, 3.63) is 58.4 Å². The first-order chi connectivity index (χ1) is 10.5. The van der Waals surface area contributed by atoms with Gasteiger partial charge in [-0.2, -0.15) is 0 Å². The van der Waals surface area contributed by atoms with Gasteiger partial charge in [0.1, 0.15) is 11.6 Å². The Labute approximate surface area is 131 Å². The van der Waals surface area contributed by atoms with Crippen LogP contribution >= 0.6 is 12.2 Å². The number of non-ortho nitro benzene ring substituents is 1. The molecule has 22 heavy (non-hydrogen) atoms. The van der Waals surface area contributed by atoms with Crippen LogP contribution in [0.5, 0.6) is 5.75 Å². The van der Waals surface area contributed by atoms with Crippen LogP contribution in [0.25, 0.3) is 0 Å². The van der Waals surface area contributed by atoms with Gasteiger partial charge >= 0.3 is 0 Å².